The van der Waals surface area contributed by atoms with E-state index < -0.39 is 0 Å². The fourth-order valence-electron chi connectivity index (χ4n) is 8.05. The van der Waals surface area contributed by atoms with E-state index in [4.69, 9.17) is 0 Å². The van der Waals surface area contributed by atoms with Crippen LogP contribution in [0.2, 0.25) is 0 Å². The van der Waals surface area contributed by atoms with Crippen molar-refractivity contribution in [3.05, 3.63) is 107 Å². The van der Waals surface area contributed by atoms with E-state index in [9.17, 15) is 4.79 Å². The Balaban J connectivity index is 1.48. The first kappa shape index (κ1) is 22.1. The standard InChI is InChI=1S/C31H33NOS/c33-29(34)16-9-18-30-22-32(20-23-10-3-1-4-11-23)21-28(30)31(24-12-5-2-6-13-24)19-17-26(30)25-14-7-8-15-27(25)31/h1-8,10-15,26,28H,9,16-22H2,(H,33,34). The fourth-order valence-corrected chi connectivity index (χ4v) is 8.21. The van der Waals surface area contributed by atoms with Gasteiger partial charge in [-0.15, -0.1) is 12.6 Å². The molecule has 0 amide bonds. The first-order valence-corrected chi connectivity index (χ1v) is 13.2. The number of carbonyl (C=O) groups is 1. The molecular formula is C31H33NOS. The third-order valence-corrected chi connectivity index (χ3v) is 9.38. The van der Waals surface area contributed by atoms with Gasteiger partial charge in [-0.3, -0.25) is 9.69 Å². The minimum Gasteiger partial charge on any atom is -0.298 e. The Kier molecular flexibility index (Phi) is 5.66. The van der Waals surface area contributed by atoms with E-state index >= 15 is 0 Å². The van der Waals surface area contributed by atoms with Gasteiger partial charge in [0.1, 0.15) is 0 Å². The number of hydrogen-bond donors (Lipinski definition) is 1. The molecule has 3 aliphatic carbocycles. The number of carbonyl (C=O) groups excluding carboxylic acids is 1. The van der Waals surface area contributed by atoms with E-state index in [0.717, 1.165) is 32.5 Å². The molecule has 3 aromatic carbocycles. The minimum atomic E-state index is 0.0197. The molecule has 1 heterocycles. The van der Waals surface area contributed by atoms with Gasteiger partial charge in [-0.05, 0) is 65.2 Å². The van der Waals surface area contributed by atoms with E-state index in [1.165, 1.54) is 24.0 Å². The number of benzene rings is 3. The summed E-state index contributed by atoms with van der Waals surface area (Å²) < 4.78 is 0. The van der Waals surface area contributed by atoms with Gasteiger partial charge in [-0.1, -0.05) is 84.9 Å². The van der Waals surface area contributed by atoms with Crippen LogP contribution in [0.25, 0.3) is 0 Å². The van der Waals surface area contributed by atoms with Crippen molar-refractivity contribution in [1.82, 2.24) is 4.90 Å². The second kappa shape index (κ2) is 8.70. The smallest absolute Gasteiger partial charge is 0.185 e. The molecule has 1 saturated heterocycles. The van der Waals surface area contributed by atoms with Gasteiger partial charge in [0, 0.05) is 31.5 Å². The van der Waals surface area contributed by atoms with Crippen molar-refractivity contribution in [3.63, 3.8) is 0 Å². The number of likely N-dealkylation sites (tertiary alicyclic amines) is 1. The average Bonchev–Trinajstić information content (AvgIpc) is 3.25. The van der Waals surface area contributed by atoms with E-state index in [2.05, 4.69) is 102 Å². The molecule has 2 nitrogen and oxygen atoms in total. The quantitative estimate of drug-likeness (QED) is 0.395. The maximum Gasteiger partial charge on any atom is 0.185 e. The van der Waals surface area contributed by atoms with Gasteiger partial charge in [0.15, 0.2) is 5.12 Å². The summed E-state index contributed by atoms with van der Waals surface area (Å²) in [5, 5.41) is 0.0197. The third kappa shape index (κ3) is 3.39. The minimum absolute atomic E-state index is 0.0197. The molecular weight excluding hydrogens is 434 g/mol. The van der Waals surface area contributed by atoms with Crippen molar-refractivity contribution in [2.24, 2.45) is 11.3 Å². The first-order valence-electron chi connectivity index (χ1n) is 12.8. The zero-order chi connectivity index (χ0) is 23.2. The van der Waals surface area contributed by atoms with Gasteiger partial charge in [-0.2, -0.15) is 0 Å². The Hall–Kier alpha value is -2.36. The van der Waals surface area contributed by atoms with Gasteiger partial charge in [0.25, 0.3) is 0 Å². The van der Waals surface area contributed by atoms with Crippen LogP contribution < -0.4 is 0 Å². The number of fused-ring (bicyclic) bond motifs is 1. The number of rotatable bonds is 7. The topological polar surface area (TPSA) is 20.3 Å². The zero-order valence-electron chi connectivity index (χ0n) is 19.7. The lowest BCUT2D eigenvalue weighted by atomic mass is 9.41. The number of hydrogen-bond acceptors (Lipinski definition) is 2. The summed E-state index contributed by atoms with van der Waals surface area (Å²) in [5.41, 5.74) is 6.23. The van der Waals surface area contributed by atoms with Gasteiger partial charge < -0.3 is 0 Å². The molecule has 3 aromatic rings. The maximum absolute atomic E-state index is 11.8. The Bertz CT molecular complexity index is 1180. The van der Waals surface area contributed by atoms with Gasteiger partial charge >= 0.3 is 0 Å². The molecule has 7 rings (SSSR count). The lowest BCUT2D eigenvalue weighted by molar-refractivity contribution is -0.111. The van der Waals surface area contributed by atoms with Crippen molar-refractivity contribution < 1.29 is 4.79 Å². The molecule has 3 heteroatoms. The molecule has 174 valence electrons. The highest BCUT2D eigenvalue weighted by Gasteiger charge is 2.66. The molecule has 4 atom stereocenters. The van der Waals surface area contributed by atoms with E-state index in [-0.39, 0.29) is 15.9 Å². The maximum atomic E-state index is 11.8. The van der Waals surface area contributed by atoms with E-state index in [1.807, 2.05) is 0 Å². The van der Waals surface area contributed by atoms with E-state index in [1.54, 1.807) is 11.1 Å². The molecule has 4 aliphatic rings. The summed E-state index contributed by atoms with van der Waals surface area (Å²) in [4.78, 5) is 14.5. The SMILES string of the molecule is O=C(S)CCCC12CN(Cc3ccccc3)CC1C1(c3ccccc3)CCC2c2ccccc21. The van der Waals surface area contributed by atoms with Crippen LogP contribution >= 0.6 is 12.6 Å². The summed E-state index contributed by atoms with van der Waals surface area (Å²) in [6.07, 6.45) is 5.06. The Morgan fingerprint density at radius 1 is 0.941 bits per heavy atom. The van der Waals surface area contributed by atoms with Crippen LogP contribution in [0, 0.1) is 11.3 Å². The van der Waals surface area contributed by atoms with Crippen LogP contribution in [0.4, 0.5) is 0 Å². The lowest BCUT2D eigenvalue weighted by Crippen LogP contribution is -2.57. The zero-order valence-corrected chi connectivity index (χ0v) is 20.6. The predicted octanol–water partition coefficient (Wildman–Crippen LogP) is 6.61. The van der Waals surface area contributed by atoms with Crippen LogP contribution in [0.5, 0.6) is 0 Å². The fraction of sp³-hybridized carbons (Fsp3) is 0.387. The average molecular weight is 468 g/mol. The summed E-state index contributed by atoms with van der Waals surface area (Å²) >= 11 is 4.10. The van der Waals surface area contributed by atoms with Gasteiger partial charge in [0.2, 0.25) is 0 Å². The Morgan fingerprint density at radius 3 is 2.41 bits per heavy atom. The van der Waals surface area contributed by atoms with Crippen molar-refractivity contribution in [2.75, 3.05) is 13.1 Å². The van der Waals surface area contributed by atoms with Crippen LogP contribution in [-0.2, 0) is 16.8 Å². The Morgan fingerprint density at radius 2 is 1.65 bits per heavy atom. The predicted molar refractivity (Wildman–Crippen MR) is 141 cm³/mol. The second-order valence-electron chi connectivity index (χ2n) is 10.7. The molecule has 0 radical (unpaired) electrons. The highest BCUT2D eigenvalue weighted by atomic mass is 32.1. The van der Waals surface area contributed by atoms with Gasteiger partial charge in [-0.25, -0.2) is 0 Å². The molecule has 1 saturated carbocycles. The van der Waals surface area contributed by atoms with E-state index in [0.29, 0.717) is 18.3 Å². The van der Waals surface area contributed by atoms with Crippen LogP contribution in [0.3, 0.4) is 0 Å². The summed E-state index contributed by atoms with van der Waals surface area (Å²) in [6.45, 7) is 3.23. The van der Waals surface area contributed by atoms with Crippen LogP contribution in [0.15, 0.2) is 84.9 Å². The normalized spacial score (nSPS) is 29.6. The van der Waals surface area contributed by atoms with Crippen molar-refractivity contribution in [2.45, 2.75) is 50.0 Å². The van der Waals surface area contributed by atoms with Crippen molar-refractivity contribution in [1.29, 1.82) is 0 Å². The van der Waals surface area contributed by atoms with Crippen molar-refractivity contribution >= 4 is 17.7 Å². The third-order valence-electron chi connectivity index (χ3n) is 9.16. The lowest BCUT2D eigenvalue weighted by Gasteiger charge is -2.61. The Labute approximate surface area is 208 Å². The van der Waals surface area contributed by atoms with Crippen LogP contribution in [-0.4, -0.2) is 23.1 Å². The summed E-state index contributed by atoms with van der Waals surface area (Å²) in [6, 6.07) is 31.5. The molecule has 0 aromatic heterocycles. The van der Waals surface area contributed by atoms with Crippen LogP contribution in [0.1, 0.15) is 60.3 Å². The molecule has 1 aliphatic heterocycles. The van der Waals surface area contributed by atoms with Gasteiger partial charge in [0.05, 0.1) is 0 Å². The first-order chi connectivity index (χ1) is 16.6. The molecule has 2 bridgehead atoms. The number of nitrogens with zero attached hydrogens (tertiary/aromatic N) is 1. The molecule has 0 spiro atoms. The largest absolute Gasteiger partial charge is 0.298 e. The highest BCUT2D eigenvalue weighted by molar-refractivity contribution is 7.96. The summed E-state index contributed by atoms with van der Waals surface area (Å²) in [5.74, 6) is 1.12. The molecule has 0 N–H and O–H groups in total. The summed E-state index contributed by atoms with van der Waals surface area (Å²) in [7, 11) is 0. The molecule has 4 unspecified atom stereocenters. The highest BCUT2D eigenvalue weighted by Crippen LogP contribution is 2.70. The second-order valence-corrected chi connectivity index (χ2v) is 11.2. The van der Waals surface area contributed by atoms with Crippen molar-refractivity contribution in [3.8, 4) is 0 Å². The monoisotopic (exact) mass is 467 g/mol. The molecule has 34 heavy (non-hydrogen) atoms. The number of thiol groups is 1. The molecule has 2 fully saturated rings.